The zero-order valence-electron chi connectivity index (χ0n) is 11.6. The van der Waals surface area contributed by atoms with Crippen molar-refractivity contribution in [3.8, 4) is 0 Å². The molecule has 0 aromatic heterocycles. The molecule has 0 radical (unpaired) electrons. The highest BCUT2D eigenvalue weighted by Gasteiger charge is 2.61. The summed E-state index contributed by atoms with van der Waals surface area (Å²) in [4.78, 5) is 23.4. The molecule has 5 nitrogen and oxygen atoms in total. The van der Waals surface area contributed by atoms with Crippen molar-refractivity contribution in [2.45, 2.75) is 38.3 Å². The van der Waals surface area contributed by atoms with Crippen molar-refractivity contribution in [3.63, 3.8) is 0 Å². The number of carboxylic acid groups (broad SMARTS) is 1. The Morgan fingerprint density at radius 2 is 1.81 bits per heavy atom. The maximum absolute atomic E-state index is 13.2. The van der Waals surface area contributed by atoms with Crippen LogP contribution in [0.4, 0.5) is 13.2 Å². The Morgan fingerprint density at radius 1 is 1.19 bits per heavy atom. The molecule has 1 atom stereocenters. The lowest BCUT2D eigenvalue weighted by Crippen LogP contribution is -2.54. The van der Waals surface area contributed by atoms with E-state index in [1.807, 2.05) is 0 Å². The first-order valence-electron chi connectivity index (χ1n) is 7.03. The van der Waals surface area contributed by atoms with E-state index in [-0.39, 0.29) is 19.5 Å². The Labute approximate surface area is 120 Å². The Balaban J connectivity index is 2.08. The number of halogens is 3. The van der Waals surface area contributed by atoms with Gasteiger partial charge in [0.05, 0.1) is 5.41 Å². The highest BCUT2D eigenvalue weighted by atomic mass is 19.4. The number of carbonyl (C=O) groups excluding carboxylic acids is 1. The Morgan fingerprint density at radius 3 is 2.24 bits per heavy atom. The molecule has 1 saturated carbocycles. The van der Waals surface area contributed by atoms with Crippen LogP contribution in [0, 0.1) is 10.8 Å². The third kappa shape index (κ3) is 2.73. The van der Waals surface area contributed by atoms with E-state index in [0.29, 0.717) is 25.7 Å². The molecule has 2 rings (SSSR count). The third-order valence-corrected chi connectivity index (χ3v) is 4.73. The van der Waals surface area contributed by atoms with Crippen molar-refractivity contribution in [3.05, 3.63) is 0 Å². The molecule has 1 aliphatic carbocycles. The van der Waals surface area contributed by atoms with Gasteiger partial charge in [0, 0.05) is 13.1 Å². The van der Waals surface area contributed by atoms with Crippen LogP contribution in [0.15, 0.2) is 0 Å². The Kier molecular flexibility index (Phi) is 4.19. The fourth-order valence-corrected chi connectivity index (χ4v) is 3.19. The van der Waals surface area contributed by atoms with Gasteiger partial charge in [0.15, 0.2) is 5.41 Å². The van der Waals surface area contributed by atoms with Crippen molar-refractivity contribution in [2.75, 3.05) is 19.6 Å². The van der Waals surface area contributed by atoms with Gasteiger partial charge in [-0.25, -0.2) is 0 Å². The number of amides is 1. The second-order valence-corrected chi connectivity index (χ2v) is 5.98. The summed E-state index contributed by atoms with van der Waals surface area (Å²) in [6, 6.07) is 0. The van der Waals surface area contributed by atoms with Crippen molar-refractivity contribution in [2.24, 2.45) is 10.8 Å². The van der Waals surface area contributed by atoms with Gasteiger partial charge >= 0.3 is 12.1 Å². The first kappa shape index (κ1) is 16.1. The summed E-state index contributed by atoms with van der Waals surface area (Å²) in [5, 5.41) is 14.1. The van der Waals surface area contributed by atoms with Gasteiger partial charge in [-0.15, -0.1) is 0 Å². The lowest BCUT2D eigenvalue weighted by atomic mass is 9.83. The van der Waals surface area contributed by atoms with Gasteiger partial charge in [-0.1, -0.05) is 12.8 Å². The number of rotatable bonds is 4. The normalized spacial score (nSPS) is 28.5. The summed E-state index contributed by atoms with van der Waals surface area (Å²) < 4.78 is 39.6. The monoisotopic (exact) mass is 308 g/mol. The molecular formula is C13H19F3N2O3. The largest absolute Gasteiger partial charge is 0.481 e. The van der Waals surface area contributed by atoms with E-state index in [1.54, 1.807) is 0 Å². The van der Waals surface area contributed by atoms with Crippen LogP contribution < -0.4 is 10.6 Å². The minimum absolute atomic E-state index is 0.122. The molecule has 3 N–H and O–H groups in total. The number of carbonyl (C=O) groups is 2. The van der Waals surface area contributed by atoms with Gasteiger partial charge in [0.1, 0.15) is 0 Å². The average Bonchev–Trinajstić information content (AvgIpc) is 3.05. The summed E-state index contributed by atoms with van der Waals surface area (Å²) >= 11 is 0. The van der Waals surface area contributed by atoms with Gasteiger partial charge in [-0.2, -0.15) is 13.2 Å². The maximum atomic E-state index is 13.2. The van der Waals surface area contributed by atoms with Crippen LogP contribution in [-0.4, -0.2) is 42.8 Å². The first-order chi connectivity index (χ1) is 9.74. The number of aliphatic carboxylic acids is 1. The molecule has 0 spiro atoms. The lowest BCUT2D eigenvalue weighted by Gasteiger charge is -2.31. The van der Waals surface area contributed by atoms with Crippen molar-refractivity contribution in [1.29, 1.82) is 0 Å². The van der Waals surface area contributed by atoms with Gasteiger partial charge in [-0.3, -0.25) is 9.59 Å². The molecule has 0 aromatic carbocycles. The van der Waals surface area contributed by atoms with Gasteiger partial charge in [-0.05, 0) is 25.8 Å². The zero-order chi connectivity index (χ0) is 15.7. The molecule has 8 heteroatoms. The van der Waals surface area contributed by atoms with Crippen LogP contribution >= 0.6 is 0 Å². The van der Waals surface area contributed by atoms with E-state index in [2.05, 4.69) is 10.6 Å². The molecule has 2 aliphatic rings. The molecule has 1 unspecified atom stereocenters. The molecule has 1 aliphatic heterocycles. The smallest absolute Gasteiger partial charge is 0.404 e. The summed E-state index contributed by atoms with van der Waals surface area (Å²) in [7, 11) is 0. The second-order valence-electron chi connectivity index (χ2n) is 5.98. The average molecular weight is 308 g/mol. The molecule has 1 heterocycles. The van der Waals surface area contributed by atoms with Crippen LogP contribution in [-0.2, 0) is 9.59 Å². The minimum atomic E-state index is -4.65. The van der Waals surface area contributed by atoms with E-state index in [1.165, 1.54) is 0 Å². The SMILES string of the molecule is O=C(O)C1(CNC(=O)C2(C(F)(F)F)CCNC2)CCCC1. The van der Waals surface area contributed by atoms with Crippen molar-refractivity contribution in [1.82, 2.24) is 10.6 Å². The van der Waals surface area contributed by atoms with E-state index in [4.69, 9.17) is 0 Å². The number of nitrogens with one attached hydrogen (secondary N) is 2. The van der Waals surface area contributed by atoms with Crippen LogP contribution in [0.25, 0.3) is 0 Å². The minimum Gasteiger partial charge on any atom is -0.481 e. The molecule has 0 aromatic rings. The van der Waals surface area contributed by atoms with Gasteiger partial charge in [0.2, 0.25) is 5.91 Å². The second kappa shape index (κ2) is 5.47. The van der Waals surface area contributed by atoms with Gasteiger partial charge in [0.25, 0.3) is 0 Å². The van der Waals surface area contributed by atoms with E-state index in [0.717, 1.165) is 0 Å². The molecule has 0 bridgehead atoms. The standard InChI is InChI=1S/C13H19F3N2O3/c14-13(15,16)12(5-6-17-8-12)9(19)18-7-11(10(20)21)3-1-2-4-11/h17H,1-8H2,(H,18,19)(H,20,21). The fraction of sp³-hybridized carbons (Fsp3) is 0.846. The molecule has 2 fully saturated rings. The van der Waals surface area contributed by atoms with E-state index < -0.39 is 35.4 Å². The quantitative estimate of drug-likeness (QED) is 0.731. The fourth-order valence-electron chi connectivity index (χ4n) is 3.19. The summed E-state index contributed by atoms with van der Waals surface area (Å²) in [5.41, 5.74) is -3.56. The Bertz CT molecular complexity index is 425. The number of hydrogen-bond acceptors (Lipinski definition) is 3. The molecular weight excluding hydrogens is 289 g/mol. The van der Waals surface area contributed by atoms with Crippen LogP contribution in [0.3, 0.4) is 0 Å². The zero-order valence-corrected chi connectivity index (χ0v) is 11.6. The highest BCUT2D eigenvalue weighted by Crippen LogP contribution is 2.44. The number of carboxylic acids is 1. The predicted molar refractivity (Wildman–Crippen MR) is 67.5 cm³/mol. The van der Waals surface area contributed by atoms with Crippen LogP contribution in [0.2, 0.25) is 0 Å². The summed E-state index contributed by atoms with van der Waals surface area (Å²) in [5.74, 6) is -2.17. The molecule has 120 valence electrons. The number of alkyl halides is 3. The molecule has 21 heavy (non-hydrogen) atoms. The van der Waals surface area contributed by atoms with Gasteiger partial charge < -0.3 is 15.7 Å². The third-order valence-electron chi connectivity index (χ3n) is 4.73. The number of hydrogen-bond donors (Lipinski definition) is 3. The molecule has 1 saturated heterocycles. The highest BCUT2D eigenvalue weighted by molar-refractivity contribution is 5.85. The van der Waals surface area contributed by atoms with E-state index >= 15 is 0 Å². The van der Waals surface area contributed by atoms with Crippen molar-refractivity contribution >= 4 is 11.9 Å². The first-order valence-corrected chi connectivity index (χ1v) is 7.03. The predicted octanol–water partition coefficient (Wildman–Crippen LogP) is 1.29. The van der Waals surface area contributed by atoms with Crippen LogP contribution in [0.5, 0.6) is 0 Å². The van der Waals surface area contributed by atoms with E-state index in [9.17, 15) is 27.9 Å². The Hall–Kier alpha value is -1.31. The van der Waals surface area contributed by atoms with Crippen molar-refractivity contribution < 1.29 is 27.9 Å². The maximum Gasteiger partial charge on any atom is 0.404 e. The summed E-state index contributed by atoms with van der Waals surface area (Å²) in [6.45, 7) is -0.571. The summed E-state index contributed by atoms with van der Waals surface area (Å²) in [6.07, 6.45) is -2.75. The van der Waals surface area contributed by atoms with Crippen LogP contribution in [0.1, 0.15) is 32.1 Å². The molecule has 1 amide bonds. The lowest BCUT2D eigenvalue weighted by molar-refractivity contribution is -0.216. The topological polar surface area (TPSA) is 78.4 Å².